The Kier molecular flexibility index (Phi) is 3.58. The molecule has 0 fully saturated rings. The van der Waals surface area contributed by atoms with E-state index in [0.717, 1.165) is 12.1 Å². The van der Waals surface area contributed by atoms with Crippen LogP contribution in [0, 0.1) is 0 Å². The zero-order chi connectivity index (χ0) is 11.6. The molecule has 0 aliphatic rings. The molecule has 1 heterocycles. The van der Waals surface area contributed by atoms with Crippen LogP contribution in [0.3, 0.4) is 0 Å². The van der Waals surface area contributed by atoms with Gasteiger partial charge < -0.3 is 5.73 Å². The number of aromatic nitrogens is 1. The lowest BCUT2D eigenvalue weighted by Crippen LogP contribution is -2.05. The molecule has 0 spiro atoms. The van der Waals surface area contributed by atoms with Gasteiger partial charge in [0.05, 0.1) is 10.6 Å². The monoisotopic (exact) mass is 256 g/mol. The fraction of sp³-hybridized carbons (Fsp3) is 0.286. The van der Waals surface area contributed by atoms with Crippen LogP contribution in [0.4, 0.5) is 8.78 Å². The Bertz CT molecular complexity index is 464. The number of pyridine rings is 1. The lowest BCUT2D eigenvalue weighted by Gasteiger charge is -2.04. The van der Waals surface area contributed by atoms with E-state index in [2.05, 4.69) is 4.98 Å². The molecule has 2 N–H and O–H groups in total. The molecule has 4 nitrogen and oxygen atoms in total. The molecule has 8 heteroatoms. The molecule has 0 aliphatic heterocycles. The van der Waals surface area contributed by atoms with E-state index in [4.69, 9.17) is 16.4 Å². The average Bonchev–Trinajstić information content (AvgIpc) is 2.15. The van der Waals surface area contributed by atoms with Crippen molar-refractivity contribution < 1.29 is 17.2 Å². The Balaban J connectivity index is 3.36. The van der Waals surface area contributed by atoms with E-state index in [9.17, 15) is 17.2 Å². The Morgan fingerprint density at radius 2 is 2.07 bits per heavy atom. The smallest absolute Gasteiger partial charge is 0.280 e. The van der Waals surface area contributed by atoms with Crippen molar-refractivity contribution in [2.45, 2.75) is 17.9 Å². The second-order valence-electron chi connectivity index (χ2n) is 2.66. The molecule has 0 saturated heterocycles. The fourth-order valence-corrected chi connectivity index (χ4v) is 1.74. The fourth-order valence-electron chi connectivity index (χ4n) is 0.939. The molecule has 1 aromatic heterocycles. The Morgan fingerprint density at radius 1 is 1.47 bits per heavy atom. The highest BCUT2D eigenvalue weighted by atomic mass is 35.7. The van der Waals surface area contributed by atoms with Crippen LogP contribution in [-0.4, -0.2) is 13.4 Å². The van der Waals surface area contributed by atoms with Gasteiger partial charge in [-0.25, -0.2) is 17.2 Å². The van der Waals surface area contributed by atoms with Gasteiger partial charge in [0.25, 0.3) is 15.5 Å². The summed E-state index contributed by atoms with van der Waals surface area (Å²) in [4.78, 5) is 3.05. The normalized spacial score (nSPS) is 12.1. The van der Waals surface area contributed by atoms with Crippen molar-refractivity contribution in [3.05, 3.63) is 23.5 Å². The number of hydrogen-bond acceptors (Lipinski definition) is 4. The summed E-state index contributed by atoms with van der Waals surface area (Å²) in [5.41, 5.74) is 4.58. The zero-order valence-electron chi connectivity index (χ0n) is 7.32. The maximum atomic E-state index is 12.3. The van der Waals surface area contributed by atoms with Crippen LogP contribution >= 0.6 is 10.7 Å². The van der Waals surface area contributed by atoms with Crippen molar-refractivity contribution in [3.8, 4) is 0 Å². The summed E-state index contributed by atoms with van der Waals surface area (Å²) < 4.78 is 46.5. The highest BCUT2D eigenvalue weighted by molar-refractivity contribution is 8.13. The SMILES string of the molecule is NCc1cc(S(=O)(=O)Cl)cc(C(F)F)n1. The molecule has 0 radical (unpaired) electrons. The van der Waals surface area contributed by atoms with E-state index in [-0.39, 0.29) is 12.2 Å². The molecule has 84 valence electrons. The highest BCUT2D eigenvalue weighted by Gasteiger charge is 2.17. The van der Waals surface area contributed by atoms with E-state index in [1.165, 1.54) is 0 Å². The second kappa shape index (κ2) is 4.38. The minimum atomic E-state index is -4.05. The summed E-state index contributed by atoms with van der Waals surface area (Å²) in [5.74, 6) is 0. The van der Waals surface area contributed by atoms with Crippen LogP contribution in [0.1, 0.15) is 17.8 Å². The number of nitrogens with zero attached hydrogens (tertiary/aromatic N) is 1. The third-order valence-corrected chi connectivity index (χ3v) is 2.92. The summed E-state index contributed by atoms with van der Waals surface area (Å²) in [6.45, 7) is -0.139. The quantitative estimate of drug-likeness (QED) is 0.830. The number of nitrogens with two attached hydrogens (primary N) is 1. The third kappa shape index (κ3) is 3.08. The average molecular weight is 257 g/mol. The Labute approximate surface area is 89.5 Å². The van der Waals surface area contributed by atoms with Crippen LogP contribution in [0.5, 0.6) is 0 Å². The largest absolute Gasteiger partial charge is 0.325 e. The molecule has 15 heavy (non-hydrogen) atoms. The van der Waals surface area contributed by atoms with Crippen molar-refractivity contribution in [2.24, 2.45) is 5.73 Å². The maximum absolute atomic E-state index is 12.3. The Hall–Kier alpha value is -0.790. The first-order valence-corrected chi connectivity index (χ1v) is 6.09. The molecular formula is C7H7ClF2N2O2S. The molecule has 0 aromatic carbocycles. The molecular weight excluding hydrogens is 250 g/mol. The van der Waals surface area contributed by atoms with Gasteiger partial charge in [0.1, 0.15) is 5.69 Å². The summed E-state index contributed by atoms with van der Waals surface area (Å²) in [5, 5.41) is 0. The molecule has 0 aliphatic carbocycles. The van der Waals surface area contributed by atoms with Gasteiger partial charge in [-0.1, -0.05) is 0 Å². The van der Waals surface area contributed by atoms with E-state index in [1.54, 1.807) is 0 Å². The molecule has 0 atom stereocenters. The summed E-state index contributed by atoms with van der Waals surface area (Å²) in [7, 11) is 0.975. The topological polar surface area (TPSA) is 73.1 Å². The van der Waals surface area contributed by atoms with Gasteiger partial charge in [-0.15, -0.1) is 0 Å². The van der Waals surface area contributed by atoms with Crippen LogP contribution in [-0.2, 0) is 15.6 Å². The van der Waals surface area contributed by atoms with Gasteiger partial charge in [0.2, 0.25) is 0 Å². The minimum Gasteiger partial charge on any atom is -0.325 e. The van der Waals surface area contributed by atoms with E-state index < -0.39 is 26.1 Å². The predicted octanol–water partition coefficient (Wildman–Crippen LogP) is 1.41. The summed E-state index contributed by atoms with van der Waals surface area (Å²) >= 11 is 0. The van der Waals surface area contributed by atoms with Crippen LogP contribution in [0.25, 0.3) is 0 Å². The third-order valence-electron chi connectivity index (χ3n) is 1.59. The molecule has 1 rings (SSSR count). The number of hydrogen-bond donors (Lipinski definition) is 1. The van der Waals surface area contributed by atoms with Crippen molar-refractivity contribution in [3.63, 3.8) is 0 Å². The lowest BCUT2D eigenvalue weighted by molar-refractivity contribution is 0.145. The van der Waals surface area contributed by atoms with Gasteiger partial charge in [-0.2, -0.15) is 0 Å². The van der Waals surface area contributed by atoms with E-state index >= 15 is 0 Å². The number of alkyl halides is 2. The number of halogens is 3. The van der Waals surface area contributed by atoms with Gasteiger partial charge in [-0.3, -0.25) is 4.98 Å². The molecule has 0 amide bonds. The van der Waals surface area contributed by atoms with Gasteiger partial charge in [0.15, 0.2) is 0 Å². The first-order chi connectivity index (χ1) is 6.84. The predicted molar refractivity (Wildman–Crippen MR) is 50.1 cm³/mol. The van der Waals surface area contributed by atoms with Crippen molar-refractivity contribution in [2.75, 3.05) is 0 Å². The summed E-state index contributed by atoms with van der Waals surface area (Å²) in [6.07, 6.45) is -2.87. The Morgan fingerprint density at radius 3 is 2.47 bits per heavy atom. The highest BCUT2D eigenvalue weighted by Crippen LogP contribution is 2.22. The molecule has 0 unspecified atom stereocenters. The number of rotatable bonds is 3. The van der Waals surface area contributed by atoms with Gasteiger partial charge >= 0.3 is 0 Å². The summed E-state index contributed by atoms with van der Waals surface area (Å²) in [6, 6.07) is 1.79. The molecule has 1 aromatic rings. The van der Waals surface area contributed by atoms with Gasteiger partial charge in [0, 0.05) is 17.2 Å². The zero-order valence-corrected chi connectivity index (χ0v) is 8.89. The van der Waals surface area contributed by atoms with Crippen molar-refractivity contribution in [1.82, 2.24) is 4.98 Å². The standard InChI is InChI=1S/C7H7ClF2N2O2S/c8-15(13,14)5-1-4(3-11)12-6(2-5)7(9)10/h1-2,7H,3,11H2. The van der Waals surface area contributed by atoms with Gasteiger partial charge in [-0.05, 0) is 12.1 Å². The van der Waals surface area contributed by atoms with Crippen molar-refractivity contribution >= 4 is 19.7 Å². The lowest BCUT2D eigenvalue weighted by atomic mass is 10.3. The maximum Gasteiger partial charge on any atom is 0.280 e. The van der Waals surface area contributed by atoms with Crippen LogP contribution in [0.15, 0.2) is 17.0 Å². The van der Waals surface area contributed by atoms with Crippen LogP contribution in [0.2, 0.25) is 0 Å². The van der Waals surface area contributed by atoms with E-state index in [0.29, 0.717) is 0 Å². The van der Waals surface area contributed by atoms with Crippen molar-refractivity contribution in [1.29, 1.82) is 0 Å². The van der Waals surface area contributed by atoms with Crippen LogP contribution < -0.4 is 5.73 Å². The molecule has 0 bridgehead atoms. The first-order valence-electron chi connectivity index (χ1n) is 3.78. The minimum absolute atomic E-state index is 0.0482. The van der Waals surface area contributed by atoms with E-state index in [1.807, 2.05) is 0 Å². The first kappa shape index (κ1) is 12.3. The second-order valence-corrected chi connectivity index (χ2v) is 5.23. The molecule has 0 saturated carbocycles.